The van der Waals surface area contributed by atoms with Crippen molar-refractivity contribution in [3.63, 3.8) is 0 Å². The van der Waals surface area contributed by atoms with E-state index in [0.717, 1.165) is 36.6 Å². The number of hydrogen-bond acceptors (Lipinski definition) is 4. The van der Waals surface area contributed by atoms with Crippen molar-refractivity contribution in [1.82, 2.24) is 9.97 Å². The zero-order valence-corrected chi connectivity index (χ0v) is 11.5. The molecule has 2 aromatic rings. The number of anilines is 3. The third kappa shape index (κ3) is 3.68. The lowest BCUT2D eigenvalue weighted by atomic mass is 10.1. The van der Waals surface area contributed by atoms with Gasteiger partial charge in [0.2, 0.25) is 0 Å². The molecular formula is C15H20N4. The highest BCUT2D eigenvalue weighted by molar-refractivity contribution is 5.58. The van der Waals surface area contributed by atoms with Gasteiger partial charge in [-0.3, -0.25) is 0 Å². The number of nitrogens with two attached hydrogens (primary N) is 1. The highest BCUT2D eigenvalue weighted by Gasteiger charge is 2.02. The van der Waals surface area contributed by atoms with Gasteiger partial charge >= 0.3 is 0 Å². The molecule has 0 unspecified atom stereocenters. The minimum atomic E-state index is 0.506. The number of hydrogen-bond donors (Lipinski definition) is 2. The molecule has 0 amide bonds. The van der Waals surface area contributed by atoms with E-state index in [1.807, 2.05) is 0 Å². The predicted octanol–water partition coefficient (Wildman–Crippen LogP) is 3.32. The molecule has 2 rings (SSSR count). The zero-order valence-electron chi connectivity index (χ0n) is 11.5. The van der Waals surface area contributed by atoms with Gasteiger partial charge in [0.25, 0.3) is 0 Å². The van der Waals surface area contributed by atoms with E-state index in [4.69, 9.17) is 5.73 Å². The van der Waals surface area contributed by atoms with E-state index < -0.39 is 0 Å². The van der Waals surface area contributed by atoms with E-state index >= 15 is 0 Å². The lowest BCUT2D eigenvalue weighted by Gasteiger charge is -2.08. The van der Waals surface area contributed by atoms with Gasteiger partial charge in [-0.2, -0.15) is 0 Å². The SMILES string of the molecule is CCCc1nc(N)cc(Nc2ccc(CC)cc2)n1. The summed E-state index contributed by atoms with van der Waals surface area (Å²) in [5.41, 5.74) is 8.13. The van der Waals surface area contributed by atoms with E-state index in [-0.39, 0.29) is 0 Å². The minimum absolute atomic E-state index is 0.506. The molecule has 0 aliphatic heterocycles. The van der Waals surface area contributed by atoms with Gasteiger partial charge in [0, 0.05) is 18.2 Å². The Hall–Kier alpha value is -2.10. The van der Waals surface area contributed by atoms with Crippen molar-refractivity contribution in [1.29, 1.82) is 0 Å². The van der Waals surface area contributed by atoms with E-state index in [1.165, 1.54) is 5.56 Å². The highest BCUT2D eigenvalue weighted by Crippen LogP contribution is 2.17. The Bertz CT molecular complexity index is 534. The van der Waals surface area contributed by atoms with Crippen molar-refractivity contribution in [2.75, 3.05) is 11.1 Å². The van der Waals surface area contributed by atoms with Crippen molar-refractivity contribution in [3.8, 4) is 0 Å². The summed E-state index contributed by atoms with van der Waals surface area (Å²) >= 11 is 0. The van der Waals surface area contributed by atoms with Crippen molar-refractivity contribution >= 4 is 17.3 Å². The number of nitrogens with zero attached hydrogens (tertiary/aromatic N) is 2. The average Bonchev–Trinajstić information content (AvgIpc) is 2.39. The molecule has 4 heteroatoms. The Labute approximate surface area is 114 Å². The average molecular weight is 256 g/mol. The maximum absolute atomic E-state index is 5.80. The second-order valence-electron chi connectivity index (χ2n) is 4.52. The van der Waals surface area contributed by atoms with Crippen molar-refractivity contribution in [3.05, 3.63) is 41.7 Å². The molecule has 0 aliphatic carbocycles. The highest BCUT2D eigenvalue weighted by atomic mass is 15.0. The molecule has 0 fully saturated rings. The summed E-state index contributed by atoms with van der Waals surface area (Å²) in [5.74, 6) is 2.04. The summed E-state index contributed by atoms with van der Waals surface area (Å²) < 4.78 is 0. The van der Waals surface area contributed by atoms with Crippen LogP contribution in [0, 0.1) is 0 Å². The molecule has 1 aromatic heterocycles. The van der Waals surface area contributed by atoms with Gasteiger partial charge in [-0.1, -0.05) is 26.0 Å². The van der Waals surface area contributed by atoms with Gasteiger partial charge in [-0.25, -0.2) is 9.97 Å². The summed E-state index contributed by atoms with van der Waals surface area (Å²) in [6.07, 6.45) is 2.89. The largest absolute Gasteiger partial charge is 0.384 e. The van der Waals surface area contributed by atoms with Crippen LogP contribution < -0.4 is 11.1 Å². The van der Waals surface area contributed by atoms with Crippen LogP contribution in [-0.4, -0.2) is 9.97 Å². The van der Waals surface area contributed by atoms with Crippen molar-refractivity contribution in [2.24, 2.45) is 0 Å². The van der Waals surface area contributed by atoms with Crippen LogP contribution in [0.5, 0.6) is 0 Å². The van der Waals surface area contributed by atoms with Gasteiger partial charge in [-0.15, -0.1) is 0 Å². The molecule has 3 N–H and O–H groups in total. The molecule has 0 saturated heterocycles. The Morgan fingerprint density at radius 1 is 1.11 bits per heavy atom. The molecule has 0 bridgehead atoms. The van der Waals surface area contributed by atoms with E-state index in [1.54, 1.807) is 6.07 Å². The first-order valence-electron chi connectivity index (χ1n) is 6.70. The molecule has 0 radical (unpaired) electrons. The molecular weight excluding hydrogens is 236 g/mol. The van der Waals surface area contributed by atoms with E-state index in [2.05, 4.69) is 53.4 Å². The fourth-order valence-corrected chi connectivity index (χ4v) is 1.89. The van der Waals surface area contributed by atoms with Crippen LogP contribution in [0.3, 0.4) is 0 Å². The van der Waals surface area contributed by atoms with Crippen LogP contribution in [0.4, 0.5) is 17.3 Å². The fourth-order valence-electron chi connectivity index (χ4n) is 1.89. The number of nitrogen functional groups attached to an aromatic ring is 1. The molecule has 0 spiro atoms. The lowest BCUT2D eigenvalue weighted by molar-refractivity contribution is 0.839. The zero-order chi connectivity index (χ0) is 13.7. The first-order chi connectivity index (χ1) is 9.21. The number of aryl methyl sites for hydroxylation is 2. The summed E-state index contributed by atoms with van der Waals surface area (Å²) in [7, 11) is 0. The third-order valence-corrected chi connectivity index (χ3v) is 2.90. The predicted molar refractivity (Wildman–Crippen MR) is 79.5 cm³/mol. The smallest absolute Gasteiger partial charge is 0.136 e. The number of aromatic nitrogens is 2. The molecule has 19 heavy (non-hydrogen) atoms. The number of nitrogens with one attached hydrogen (secondary N) is 1. The molecule has 1 heterocycles. The topological polar surface area (TPSA) is 63.8 Å². The maximum Gasteiger partial charge on any atom is 0.136 e. The Kier molecular flexibility index (Phi) is 4.34. The Morgan fingerprint density at radius 2 is 1.84 bits per heavy atom. The monoisotopic (exact) mass is 256 g/mol. The molecule has 0 saturated carbocycles. The van der Waals surface area contributed by atoms with E-state index in [0.29, 0.717) is 5.82 Å². The quantitative estimate of drug-likeness (QED) is 0.861. The Morgan fingerprint density at radius 3 is 2.47 bits per heavy atom. The van der Waals surface area contributed by atoms with Gasteiger partial charge in [0.15, 0.2) is 0 Å². The summed E-state index contributed by atoms with van der Waals surface area (Å²) in [6, 6.07) is 10.1. The molecule has 0 atom stereocenters. The summed E-state index contributed by atoms with van der Waals surface area (Å²) in [6.45, 7) is 4.24. The number of benzene rings is 1. The summed E-state index contributed by atoms with van der Waals surface area (Å²) in [5, 5.41) is 3.26. The molecule has 100 valence electrons. The molecule has 1 aromatic carbocycles. The van der Waals surface area contributed by atoms with Crippen LogP contribution in [0.15, 0.2) is 30.3 Å². The second-order valence-corrected chi connectivity index (χ2v) is 4.52. The first-order valence-corrected chi connectivity index (χ1v) is 6.70. The Balaban J connectivity index is 2.17. The van der Waals surface area contributed by atoms with Gasteiger partial charge in [-0.05, 0) is 30.5 Å². The lowest BCUT2D eigenvalue weighted by Crippen LogP contribution is -2.03. The van der Waals surface area contributed by atoms with E-state index in [9.17, 15) is 0 Å². The standard InChI is InChI=1S/C15H20N4/c1-3-5-14-18-13(16)10-15(19-14)17-12-8-6-11(4-2)7-9-12/h6-10H,3-5H2,1-2H3,(H3,16,17,18,19). The van der Waals surface area contributed by atoms with Gasteiger partial charge < -0.3 is 11.1 Å². The number of rotatable bonds is 5. The first kappa shape index (κ1) is 13.3. The summed E-state index contributed by atoms with van der Waals surface area (Å²) in [4.78, 5) is 8.68. The fraction of sp³-hybridized carbons (Fsp3) is 0.333. The molecule has 4 nitrogen and oxygen atoms in total. The van der Waals surface area contributed by atoms with Crippen LogP contribution >= 0.6 is 0 Å². The van der Waals surface area contributed by atoms with Gasteiger partial charge in [0.1, 0.15) is 17.5 Å². The van der Waals surface area contributed by atoms with Crippen LogP contribution in [0.1, 0.15) is 31.7 Å². The van der Waals surface area contributed by atoms with Gasteiger partial charge in [0.05, 0.1) is 0 Å². The van der Waals surface area contributed by atoms with Crippen LogP contribution in [-0.2, 0) is 12.8 Å². The normalized spacial score (nSPS) is 10.4. The third-order valence-electron chi connectivity index (χ3n) is 2.90. The van der Waals surface area contributed by atoms with Crippen molar-refractivity contribution < 1.29 is 0 Å². The minimum Gasteiger partial charge on any atom is -0.384 e. The van der Waals surface area contributed by atoms with Crippen molar-refractivity contribution in [2.45, 2.75) is 33.1 Å². The van der Waals surface area contributed by atoms with Crippen LogP contribution in [0.2, 0.25) is 0 Å². The van der Waals surface area contributed by atoms with Crippen LogP contribution in [0.25, 0.3) is 0 Å². The molecule has 0 aliphatic rings. The second kappa shape index (κ2) is 6.18. The maximum atomic E-state index is 5.80.